The van der Waals surface area contributed by atoms with Crippen molar-refractivity contribution in [3.05, 3.63) is 39.6 Å². The maximum Gasteiger partial charge on any atom is 0.127 e. The van der Waals surface area contributed by atoms with E-state index in [0.717, 1.165) is 21.5 Å². The van der Waals surface area contributed by atoms with Gasteiger partial charge < -0.3 is 5.32 Å². The van der Waals surface area contributed by atoms with Gasteiger partial charge in [-0.3, -0.25) is 0 Å². The number of benzene rings is 1. The number of aromatic nitrogens is 2. The van der Waals surface area contributed by atoms with Gasteiger partial charge in [0.05, 0.1) is 6.54 Å². The molecule has 2 rings (SSSR count). The highest BCUT2D eigenvalue weighted by atomic mass is 79.9. The van der Waals surface area contributed by atoms with E-state index in [9.17, 15) is 0 Å². The van der Waals surface area contributed by atoms with Gasteiger partial charge in [0.25, 0.3) is 0 Å². The Labute approximate surface area is 102 Å². The molecule has 0 saturated heterocycles. The fourth-order valence-corrected chi connectivity index (χ4v) is 1.75. The second-order valence-corrected chi connectivity index (χ2v) is 4.49. The number of aryl methyl sites for hydroxylation is 2. The molecule has 1 aromatic carbocycles. The van der Waals surface area contributed by atoms with Crippen LogP contribution in [0.25, 0.3) is 0 Å². The molecular weight excluding hydrogens is 270 g/mol. The smallest absolute Gasteiger partial charge is 0.127 e. The molecule has 4 nitrogen and oxygen atoms in total. The maximum absolute atomic E-state index is 4.64. The fraction of sp³-hybridized carbons (Fsp3) is 0.273. The minimum absolute atomic E-state index is 0.609. The second-order valence-electron chi connectivity index (χ2n) is 3.63. The molecule has 5 heteroatoms. The Balaban J connectivity index is 2.10. The van der Waals surface area contributed by atoms with Crippen molar-refractivity contribution in [2.24, 2.45) is 0 Å². The summed E-state index contributed by atoms with van der Waals surface area (Å²) in [5.41, 5.74) is 3.90. The minimum atomic E-state index is 0.609. The molecule has 0 saturated carbocycles. The molecule has 0 aliphatic rings. The highest BCUT2D eigenvalue weighted by molar-refractivity contribution is 9.10. The van der Waals surface area contributed by atoms with Crippen LogP contribution in [0, 0.1) is 13.8 Å². The number of hydrogen-bond acceptors (Lipinski definition) is 4. The lowest BCUT2D eigenvalue weighted by Crippen LogP contribution is -2.02. The Morgan fingerprint density at radius 3 is 2.81 bits per heavy atom. The van der Waals surface area contributed by atoms with E-state index in [0.29, 0.717) is 6.54 Å². The maximum atomic E-state index is 4.64. The highest BCUT2D eigenvalue weighted by Gasteiger charge is 2.05. The summed E-state index contributed by atoms with van der Waals surface area (Å²) in [5.74, 6) is 0. The molecule has 1 aromatic heterocycles. The number of anilines is 1. The Kier molecular flexibility index (Phi) is 3.24. The molecule has 2 aromatic rings. The number of halogens is 1. The van der Waals surface area contributed by atoms with Gasteiger partial charge in [-0.1, -0.05) is 16.4 Å². The SMILES string of the molecule is Cc1ccc(Br)c(NCc2nonc2C)c1. The van der Waals surface area contributed by atoms with Crippen molar-refractivity contribution in [3.63, 3.8) is 0 Å². The minimum Gasteiger partial charge on any atom is -0.378 e. The zero-order chi connectivity index (χ0) is 11.5. The van der Waals surface area contributed by atoms with E-state index in [1.165, 1.54) is 5.56 Å². The lowest BCUT2D eigenvalue weighted by molar-refractivity contribution is 0.301. The van der Waals surface area contributed by atoms with Crippen LogP contribution >= 0.6 is 15.9 Å². The molecule has 0 bridgehead atoms. The zero-order valence-corrected chi connectivity index (χ0v) is 10.7. The molecule has 0 aliphatic carbocycles. The molecule has 0 fully saturated rings. The normalized spacial score (nSPS) is 10.4. The molecule has 0 unspecified atom stereocenters. The molecule has 0 atom stereocenters. The van der Waals surface area contributed by atoms with Gasteiger partial charge >= 0.3 is 0 Å². The van der Waals surface area contributed by atoms with Crippen LogP contribution in [0.1, 0.15) is 17.0 Å². The number of nitrogens with one attached hydrogen (secondary N) is 1. The van der Waals surface area contributed by atoms with E-state index in [-0.39, 0.29) is 0 Å². The number of rotatable bonds is 3. The van der Waals surface area contributed by atoms with Crippen LogP contribution in [-0.4, -0.2) is 10.3 Å². The van der Waals surface area contributed by atoms with Gasteiger partial charge in [0.15, 0.2) is 0 Å². The first kappa shape index (κ1) is 11.1. The molecule has 0 radical (unpaired) electrons. The van der Waals surface area contributed by atoms with Crippen LogP contribution in [0.15, 0.2) is 27.3 Å². The summed E-state index contributed by atoms with van der Waals surface area (Å²) in [5, 5.41) is 10.8. The van der Waals surface area contributed by atoms with Crippen molar-refractivity contribution in [1.29, 1.82) is 0 Å². The van der Waals surface area contributed by atoms with Gasteiger partial charge in [-0.05, 0) is 47.5 Å². The predicted molar refractivity (Wildman–Crippen MR) is 65.2 cm³/mol. The Bertz CT molecular complexity index is 496. The highest BCUT2D eigenvalue weighted by Crippen LogP contribution is 2.23. The van der Waals surface area contributed by atoms with Gasteiger partial charge in [0.2, 0.25) is 0 Å². The van der Waals surface area contributed by atoms with Crippen molar-refractivity contribution in [2.45, 2.75) is 20.4 Å². The standard InChI is InChI=1S/C11H12BrN3O/c1-7-3-4-9(12)10(5-7)13-6-11-8(2)14-16-15-11/h3-5,13H,6H2,1-2H3. The Morgan fingerprint density at radius 1 is 1.31 bits per heavy atom. The third kappa shape index (κ3) is 2.41. The average molecular weight is 282 g/mol. The van der Waals surface area contributed by atoms with Gasteiger partial charge in [-0.15, -0.1) is 0 Å². The van der Waals surface area contributed by atoms with E-state index in [1.54, 1.807) is 0 Å². The zero-order valence-electron chi connectivity index (χ0n) is 9.12. The Morgan fingerprint density at radius 2 is 2.12 bits per heavy atom. The van der Waals surface area contributed by atoms with E-state index in [2.05, 4.69) is 55.2 Å². The van der Waals surface area contributed by atoms with Crippen molar-refractivity contribution < 1.29 is 4.63 Å². The summed E-state index contributed by atoms with van der Waals surface area (Å²) in [4.78, 5) is 0. The van der Waals surface area contributed by atoms with E-state index in [4.69, 9.17) is 0 Å². The van der Waals surface area contributed by atoms with E-state index < -0.39 is 0 Å². The molecule has 1 N–H and O–H groups in total. The van der Waals surface area contributed by atoms with Crippen molar-refractivity contribution >= 4 is 21.6 Å². The summed E-state index contributed by atoms with van der Waals surface area (Å²) in [6.45, 7) is 4.54. The second kappa shape index (κ2) is 4.65. The van der Waals surface area contributed by atoms with Crippen LogP contribution in [0.2, 0.25) is 0 Å². The van der Waals surface area contributed by atoms with Crippen LogP contribution in [0.5, 0.6) is 0 Å². The van der Waals surface area contributed by atoms with Crippen molar-refractivity contribution in [2.75, 3.05) is 5.32 Å². The number of hydrogen-bond donors (Lipinski definition) is 1. The summed E-state index contributed by atoms with van der Waals surface area (Å²) in [6, 6.07) is 6.15. The third-order valence-corrected chi connectivity index (χ3v) is 3.01. The van der Waals surface area contributed by atoms with E-state index >= 15 is 0 Å². The summed E-state index contributed by atoms with van der Waals surface area (Å²) in [6.07, 6.45) is 0. The number of nitrogens with zero attached hydrogens (tertiary/aromatic N) is 2. The molecule has 16 heavy (non-hydrogen) atoms. The Hall–Kier alpha value is -1.36. The fourth-order valence-electron chi connectivity index (χ4n) is 1.36. The van der Waals surface area contributed by atoms with Gasteiger partial charge in [0, 0.05) is 10.2 Å². The molecule has 0 amide bonds. The largest absolute Gasteiger partial charge is 0.378 e. The quantitative estimate of drug-likeness (QED) is 0.940. The molecular formula is C11H12BrN3O. The average Bonchev–Trinajstić information content (AvgIpc) is 2.66. The molecule has 0 spiro atoms. The molecule has 1 heterocycles. The van der Waals surface area contributed by atoms with E-state index in [1.807, 2.05) is 13.0 Å². The first-order valence-electron chi connectivity index (χ1n) is 4.95. The summed E-state index contributed by atoms with van der Waals surface area (Å²) in [7, 11) is 0. The monoisotopic (exact) mass is 281 g/mol. The first-order valence-corrected chi connectivity index (χ1v) is 5.74. The third-order valence-electron chi connectivity index (χ3n) is 2.31. The lowest BCUT2D eigenvalue weighted by Gasteiger charge is -2.07. The lowest BCUT2D eigenvalue weighted by atomic mass is 10.2. The van der Waals surface area contributed by atoms with Gasteiger partial charge in [-0.25, -0.2) is 4.63 Å². The van der Waals surface area contributed by atoms with Crippen molar-refractivity contribution in [3.8, 4) is 0 Å². The van der Waals surface area contributed by atoms with Crippen LogP contribution in [0.3, 0.4) is 0 Å². The van der Waals surface area contributed by atoms with Crippen LogP contribution < -0.4 is 5.32 Å². The molecule has 0 aliphatic heterocycles. The van der Waals surface area contributed by atoms with Crippen LogP contribution in [0.4, 0.5) is 5.69 Å². The predicted octanol–water partition coefficient (Wildman–Crippen LogP) is 3.06. The van der Waals surface area contributed by atoms with Gasteiger partial charge in [0.1, 0.15) is 11.4 Å². The summed E-state index contributed by atoms with van der Waals surface area (Å²) < 4.78 is 5.67. The first-order chi connectivity index (χ1) is 7.66. The topological polar surface area (TPSA) is 51.0 Å². The molecule has 84 valence electrons. The summed E-state index contributed by atoms with van der Waals surface area (Å²) >= 11 is 3.49. The van der Waals surface area contributed by atoms with Crippen molar-refractivity contribution in [1.82, 2.24) is 10.3 Å². The van der Waals surface area contributed by atoms with Crippen LogP contribution in [-0.2, 0) is 6.54 Å². The van der Waals surface area contributed by atoms with Gasteiger partial charge in [-0.2, -0.15) is 0 Å².